The van der Waals surface area contributed by atoms with E-state index in [0.717, 1.165) is 13.0 Å². The quantitative estimate of drug-likeness (QED) is 0.803. The molecule has 0 radical (unpaired) electrons. The average molecular weight is 236 g/mol. The van der Waals surface area contributed by atoms with Gasteiger partial charge in [-0.1, -0.05) is 0 Å². The van der Waals surface area contributed by atoms with Gasteiger partial charge in [-0.05, 0) is 32.2 Å². The van der Waals surface area contributed by atoms with Crippen LogP contribution in [0, 0.1) is 5.92 Å². The summed E-state index contributed by atoms with van der Waals surface area (Å²) >= 11 is 0. The SMILES string of the molecule is CN(CCC(F)(F)F)CC1CC2CCC1N2. The fourth-order valence-electron chi connectivity index (χ4n) is 2.95. The Balaban J connectivity index is 1.69. The fourth-order valence-corrected chi connectivity index (χ4v) is 2.95. The van der Waals surface area contributed by atoms with E-state index in [1.165, 1.54) is 12.8 Å². The third-order valence-corrected chi connectivity index (χ3v) is 3.76. The summed E-state index contributed by atoms with van der Waals surface area (Å²) in [5, 5.41) is 3.51. The summed E-state index contributed by atoms with van der Waals surface area (Å²) in [6.45, 7) is 0.918. The van der Waals surface area contributed by atoms with E-state index in [1.54, 1.807) is 7.05 Å². The lowest BCUT2D eigenvalue weighted by Crippen LogP contribution is -2.34. The second kappa shape index (κ2) is 4.53. The predicted molar refractivity (Wildman–Crippen MR) is 56.2 cm³/mol. The predicted octanol–water partition coefficient (Wildman–Crippen LogP) is 2.01. The van der Waals surface area contributed by atoms with Gasteiger partial charge in [-0.3, -0.25) is 0 Å². The smallest absolute Gasteiger partial charge is 0.311 e. The van der Waals surface area contributed by atoms with Crippen LogP contribution in [0.25, 0.3) is 0 Å². The Kier molecular flexibility index (Phi) is 3.45. The maximum atomic E-state index is 12.0. The zero-order chi connectivity index (χ0) is 11.8. The molecule has 0 amide bonds. The molecule has 2 fully saturated rings. The minimum atomic E-state index is -4.03. The van der Waals surface area contributed by atoms with Gasteiger partial charge in [0.2, 0.25) is 0 Å². The van der Waals surface area contributed by atoms with Crippen LogP contribution in [0.2, 0.25) is 0 Å². The number of fused-ring (bicyclic) bond motifs is 2. The minimum Gasteiger partial charge on any atom is -0.311 e. The zero-order valence-electron chi connectivity index (χ0n) is 9.56. The first kappa shape index (κ1) is 12.2. The summed E-state index contributed by atoms with van der Waals surface area (Å²) < 4.78 is 36.1. The Morgan fingerprint density at radius 2 is 2.06 bits per heavy atom. The second-order valence-corrected chi connectivity index (χ2v) is 5.17. The van der Waals surface area contributed by atoms with E-state index in [0.29, 0.717) is 18.0 Å². The molecular formula is C11H19F3N2. The van der Waals surface area contributed by atoms with E-state index in [-0.39, 0.29) is 6.54 Å². The van der Waals surface area contributed by atoms with Gasteiger partial charge in [-0.25, -0.2) is 0 Å². The maximum absolute atomic E-state index is 12.0. The van der Waals surface area contributed by atoms with Crippen LogP contribution in [0.3, 0.4) is 0 Å². The van der Waals surface area contributed by atoms with Crippen molar-refractivity contribution in [2.45, 2.75) is 43.9 Å². The minimum absolute atomic E-state index is 0.122. The molecule has 3 unspecified atom stereocenters. The molecule has 0 aliphatic carbocycles. The summed E-state index contributed by atoms with van der Waals surface area (Å²) in [6, 6.07) is 1.18. The van der Waals surface area contributed by atoms with Gasteiger partial charge >= 0.3 is 6.18 Å². The van der Waals surface area contributed by atoms with Gasteiger partial charge in [0.25, 0.3) is 0 Å². The molecule has 16 heavy (non-hydrogen) atoms. The number of nitrogens with zero attached hydrogens (tertiary/aromatic N) is 1. The van der Waals surface area contributed by atoms with Crippen LogP contribution in [0.4, 0.5) is 13.2 Å². The fraction of sp³-hybridized carbons (Fsp3) is 1.00. The monoisotopic (exact) mass is 236 g/mol. The topological polar surface area (TPSA) is 15.3 Å². The van der Waals surface area contributed by atoms with Crippen molar-refractivity contribution < 1.29 is 13.2 Å². The lowest BCUT2D eigenvalue weighted by atomic mass is 9.89. The Morgan fingerprint density at radius 1 is 1.31 bits per heavy atom. The molecule has 0 aromatic carbocycles. The molecule has 1 N–H and O–H groups in total. The van der Waals surface area contributed by atoms with Crippen LogP contribution in [0.1, 0.15) is 25.7 Å². The molecule has 0 aromatic rings. The summed E-state index contributed by atoms with van der Waals surface area (Å²) in [5.41, 5.74) is 0. The molecule has 2 aliphatic rings. The third-order valence-electron chi connectivity index (χ3n) is 3.76. The number of hydrogen-bond donors (Lipinski definition) is 1. The second-order valence-electron chi connectivity index (χ2n) is 5.17. The number of hydrogen-bond acceptors (Lipinski definition) is 2. The molecule has 2 bridgehead atoms. The van der Waals surface area contributed by atoms with Gasteiger partial charge in [0.15, 0.2) is 0 Å². The summed E-state index contributed by atoms with van der Waals surface area (Å²) in [7, 11) is 1.79. The van der Waals surface area contributed by atoms with Crippen molar-refractivity contribution in [1.82, 2.24) is 10.2 Å². The van der Waals surface area contributed by atoms with E-state index in [9.17, 15) is 13.2 Å². The van der Waals surface area contributed by atoms with Gasteiger partial charge in [-0.2, -0.15) is 13.2 Å². The van der Waals surface area contributed by atoms with Crippen LogP contribution < -0.4 is 5.32 Å². The van der Waals surface area contributed by atoms with Crippen LogP contribution in [-0.4, -0.2) is 43.3 Å². The normalized spacial score (nSPS) is 33.9. The summed E-state index contributed by atoms with van der Waals surface area (Å²) in [6.07, 6.45) is -1.14. The van der Waals surface area contributed by atoms with Crippen molar-refractivity contribution >= 4 is 0 Å². The van der Waals surface area contributed by atoms with Crippen molar-refractivity contribution in [3.8, 4) is 0 Å². The summed E-state index contributed by atoms with van der Waals surface area (Å²) in [5.74, 6) is 0.553. The van der Waals surface area contributed by atoms with Crippen molar-refractivity contribution in [2.24, 2.45) is 5.92 Å². The van der Waals surface area contributed by atoms with E-state index in [1.807, 2.05) is 4.90 Å². The van der Waals surface area contributed by atoms with E-state index in [4.69, 9.17) is 0 Å². The van der Waals surface area contributed by atoms with Crippen LogP contribution in [-0.2, 0) is 0 Å². The van der Waals surface area contributed by atoms with Crippen LogP contribution in [0.15, 0.2) is 0 Å². The van der Waals surface area contributed by atoms with Gasteiger partial charge in [-0.15, -0.1) is 0 Å². The largest absolute Gasteiger partial charge is 0.390 e. The average Bonchev–Trinajstić information content (AvgIpc) is 2.75. The van der Waals surface area contributed by atoms with Gasteiger partial charge < -0.3 is 10.2 Å². The highest BCUT2D eigenvalue weighted by Gasteiger charge is 2.39. The molecule has 3 atom stereocenters. The van der Waals surface area contributed by atoms with Gasteiger partial charge in [0, 0.05) is 25.2 Å². The van der Waals surface area contributed by atoms with Crippen LogP contribution >= 0.6 is 0 Å². The van der Waals surface area contributed by atoms with E-state index in [2.05, 4.69) is 5.32 Å². The van der Waals surface area contributed by atoms with E-state index >= 15 is 0 Å². The standard InChI is InChI=1S/C11H19F3N2/c1-16(5-4-11(12,13)14)7-8-6-9-2-3-10(8)15-9/h8-10,15H,2-7H2,1H3. The molecule has 2 aliphatic heterocycles. The van der Waals surface area contributed by atoms with Gasteiger partial charge in [0.05, 0.1) is 6.42 Å². The first-order valence-electron chi connectivity index (χ1n) is 5.95. The van der Waals surface area contributed by atoms with Crippen molar-refractivity contribution in [3.63, 3.8) is 0 Å². The lowest BCUT2D eigenvalue weighted by molar-refractivity contribution is -0.137. The first-order chi connectivity index (χ1) is 7.44. The molecule has 2 saturated heterocycles. The molecular weight excluding hydrogens is 217 g/mol. The third kappa shape index (κ3) is 3.10. The molecule has 0 spiro atoms. The van der Waals surface area contributed by atoms with E-state index < -0.39 is 12.6 Å². The van der Waals surface area contributed by atoms with Crippen molar-refractivity contribution in [1.29, 1.82) is 0 Å². The molecule has 2 rings (SSSR count). The number of halogens is 3. The Hall–Kier alpha value is -0.290. The molecule has 5 heteroatoms. The molecule has 2 heterocycles. The van der Waals surface area contributed by atoms with Crippen molar-refractivity contribution in [2.75, 3.05) is 20.1 Å². The van der Waals surface area contributed by atoms with Gasteiger partial charge in [0.1, 0.15) is 0 Å². The molecule has 0 saturated carbocycles. The lowest BCUT2D eigenvalue weighted by Gasteiger charge is -2.26. The van der Waals surface area contributed by atoms with Crippen molar-refractivity contribution in [3.05, 3.63) is 0 Å². The maximum Gasteiger partial charge on any atom is 0.390 e. The highest BCUT2D eigenvalue weighted by atomic mass is 19.4. The molecule has 94 valence electrons. The first-order valence-corrected chi connectivity index (χ1v) is 5.95. The Morgan fingerprint density at radius 3 is 2.56 bits per heavy atom. The Bertz CT molecular complexity index is 242. The van der Waals surface area contributed by atoms with Crippen LogP contribution in [0.5, 0.6) is 0 Å². The molecule has 2 nitrogen and oxygen atoms in total. The highest BCUT2D eigenvalue weighted by molar-refractivity contribution is 4.98. The number of alkyl halides is 3. The number of nitrogens with one attached hydrogen (secondary N) is 1. The zero-order valence-corrected chi connectivity index (χ0v) is 9.56. The molecule has 0 aromatic heterocycles. The highest BCUT2D eigenvalue weighted by Crippen LogP contribution is 2.33. The Labute approximate surface area is 94.2 Å². The summed E-state index contributed by atoms with van der Waals surface area (Å²) in [4.78, 5) is 1.82. The number of rotatable bonds is 4.